The van der Waals surface area contributed by atoms with Gasteiger partial charge in [0, 0.05) is 44.2 Å². The van der Waals surface area contributed by atoms with Crippen LogP contribution in [0.2, 0.25) is 0 Å². The average Bonchev–Trinajstić information content (AvgIpc) is 3.10. The molecule has 0 radical (unpaired) electrons. The SMILES string of the molecule is CC(C)(C)C(=O)N1CC2(CC(NC(=O)C3(C(C)(F)F)CC3)c3nccn32)C1. The van der Waals surface area contributed by atoms with Crippen molar-refractivity contribution in [1.82, 2.24) is 19.8 Å². The lowest BCUT2D eigenvalue weighted by Crippen LogP contribution is -2.64. The minimum absolute atomic E-state index is 0.0878. The third kappa shape index (κ3) is 2.59. The normalized spacial score (nSPS) is 25.1. The Morgan fingerprint density at radius 3 is 2.37 bits per heavy atom. The molecule has 27 heavy (non-hydrogen) atoms. The van der Waals surface area contributed by atoms with E-state index in [0.717, 1.165) is 6.92 Å². The fraction of sp³-hybridized carbons (Fsp3) is 0.737. The zero-order valence-corrected chi connectivity index (χ0v) is 16.2. The summed E-state index contributed by atoms with van der Waals surface area (Å²) in [5.41, 5.74) is -2.33. The van der Waals surface area contributed by atoms with Crippen LogP contribution in [0.1, 0.15) is 58.8 Å². The van der Waals surface area contributed by atoms with Crippen molar-refractivity contribution in [2.75, 3.05) is 13.1 Å². The van der Waals surface area contributed by atoms with Crippen molar-refractivity contribution in [3.63, 3.8) is 0 Å². The molecule has 1 unspecified atom stereocenters. The fourth-order valence-corrected chi connectivity index (χ4v) is 4.51. The largest absolute Gasteiger partial charge is 0.345 e. The molecular weight excluding hydrogens is 354 g/mol. The van der Waals surface area contributed by atoms with Gasteiger partial charge in [-0.15, -0.1) is 0 Å². The van der Waals surface area contributed by atoms with Crippen molar-refractivity contribution < 1.29 is 18.4 Å². The maximum absolute atomic E-state index is 13.9. The second kappa shape index (κ2) is 5.29. The first-order valence-corrected chi connectivity index (χ1v) is 9.42. The summed E-state index contributed by atoms with van der Waals surface area (Å²) in [6.07, 6.45) is 4.50. The van der Waals surface area contributed by atoms with Gasteiger partial charge in [-0.2, -0.15) is 0 Å². The number of likely N-dealkylation sites (tertiary alicyclic amines) is 1. The molecule has 1 saturated heterocycles. The lowest BCUT2D eigenvalue weighted by atomic mass is 9.83. The number of alkyl halides is 2. The number of rotatable bonds is 3. The molecule has 8 heteroatoms. The Hall–Kier alpha value is -1.99. The summed E-state index contributed by atoms with van der Waals surface area (Å²) >= 11 is 0. The summed E-state index contributed by atoms with van der Waals surface area (Å²) in [5, 5.41) is 2.82. The van der Waals surface area contributed by atoms with Crippen LogP contribution in [0.3, 0.4) is 0 Å². The number of imidazole rings is 1. The molecule has 2 fully saturated rings. The van der Waals surface area contributed by atoms with E-state index in [1.54, 1.807) is 6.20 Å². The van der Waals surface area contributed by atoms with E-state index in [9.17, 15) is 18.4 Å². The van der Waals surface area contributed by atoms with Crippen molar-refractivity contribution in [3.8, 4) is 0 Å². The van der Waals surface area contributed by atoms with Crippen LogP contribution in [-0.4, -0.2) is 45.3 Å². The number of carbonyl (C=O) groups excluding carboxylic acids is 2. The van der Waals surface area contributed by atoms with Crippen molar-refractivity contribution in [1.29, 1.82) is 0 Å². The lowest BCUT2D eigenvalue weighted by Gasteiger charge is -2.50. The third-order valence-corrected chi connectivity index (χ3v) is 6.31. The molecule has 148 valence electrons. The van der Waals surface area contributed by atoms with E-state index in [2.05, 4.69) is 10.3 Å². The van der Waals surface area contributed by atoms with Gasteiger partial charge >= 0.3 is 0 Å². The van der Waals surface area contributed by atoms with Crippen LogP contribution in [-0.2, 0) is 15.1 Å². The smallest absolute Gasteiger partial charge is 0.259 e. The van der Waals surface area contributed by atoms with Crippen LogP contribution in [0.25, 0.3) is 0 Å². The zero-order chi connectivity index (χ0) is 19.8. The monoisotopic (exact) mass is 380 g/mol. The Labute approximate surface area is 157 Å². The average molecular weight is 380 g/mol. The first-order valence-electron chi connectivity index (χ1n) is 9.42. The molecule has 3 aliphatic rings. The number of hydrogen-bond donors (Lipinski definition) is 1. The van der Waals surface area contributed by atoms with Gasteiger partial charge in [0.2, 0.25) is 11.8 Å². The van der Waals surface area contributed by atoms with E-state index in [1.165, 1.54) is 0 Å². The molecule has 1 atom stereocenters. The molecule has 1 aromatic heterocycles. The molecule has 4 rings (SSSR count). The minimum Gasteiger partial charge on any atom is -0.345 e. The van der Waals surface area contributed by atoms with Crippen molar-refractivity contribution in [3.05, 3.63) is 18.2 Å². The van der Waals surface area contributed by atoms with E-state index in [4.69, 9.17) is 0 Å². The van der Waals surface area contributed by atoms with E-state index < -0.39 is 28.7 Å². The second-order valence-electron chi connectivity index (χ2n) is 9.49. The Morgan fingerprint density at radius 1 is 1.22 bits per heavy atom. The number of nitrogens with one attached hydrogen (secondary N) is 1. The molecule has 2 amide bonds. The fourth-order valence-electron chi connectivity index (χ4n) is 4.51. The number of aromatic nitrogens is 2. The van der Waals surface area contributed by atoms with Crippen molar-refractivity contribution in [2.24, 2.45) is 10.8 Å². The minimum atomic E-state index is -3.03. The van der Waals surface area contributed by atoms with Gasteiger partial charge in [0.25, 0.3) is 5.92 Å². The van der Waals surface area contributed by atoms with E-state index in [-0.39, 0.29) is 24.3 Å². The van der Waals surface area contributed by atoms with Crippen LogP contribution in [0.15, 0.2) is 12.4 Å². The zero-order valence-electron chi connectivity index (χ0n) is 16.2. The van der Waals surface area contributed by atoms with Crippen molar-refractivity contribution >= 4 is 11.8 Å². The summed E-state index contributed by atoms with van der Waals surface area (Å²) in [6, 6.07) is -0.404. The molecule has 0 aromatic carbocycles. The predicted octanol–water partition coefficient (Wildman–Crippen LogP) is 2.46. The molecule has 1 aliphatic carbocycles. The Kier molecular flexibility index (Phi) is 3.60. The second-order valence-corrected chi connectivity index (χ2v) is 9.49. The maximum Gasteiger partial charge on any atom is 0.259 e. The van der Waals surface area contributed by atoms with Crippen LogP contribution < -0.4 is 5.32 Å². The third-order valence-electron chi connectivity index (χ3n) is 6.31. The number of hydrogen-bond acceptors (Lipinski definition) is 3. The van der Waals surface area contributed by atoms with Gasteiger partial charge < -0.3 is 14.8 Å². The lowest BCUT2D eigenvalue weighted by molar-refractivity contribution is -0.151. The van der Waals surface area contributed by atoms with Crippen LogP contribution in [0.4, 0.5) is 8.78 Å². The van der Waals surface area contributed by atoms with E-state index >= 15 is 0 Å². The Balaban J connectivity index is 1.50. The van der Waals surface area contributed by atoms with Gasteiger partial charge in [0.15, 0.2) is 0 Å². The summed E-state index contributed by atoms with van der Waals surface area (Å²) in [6.45, 7) is 7.59. The molecule has 1 saturated carbocycles. The topological polar surface area (TPSA) is 67.2 Å². The Morgan fingerprint density at radius 2 is 1.85 bits per heavy atom. The predicted molar refractivity (Wildman–Crippen MR) is 94.0 cm³/mol. The van der Waals surface area contributed by atoms with Crippen LogP contribution >= 0.6 is 0 Å². The number of amides is 2. The van der Waals surface area contributed by atoms with Gasteiger partial charge in [0.05, 0.1) is 11.6 Å². The van der Waals surface area contributed by atoms with Gasteiger partial charge in [-0.1, -0.05) is 20.8 Å². The Bertz CT molecular complexity index is 795. The molecule has 1 spiro atoms. The standard InChI is InChI=1S/C19H26F2N4O2/c1-16(2,3)15(27)24-10-18(11-24)9-12(13-22-7-8-25(13)18)23-14(26)19(5-6-19)17(4,20)21/h7-8,12H,5-6,9-11H2,1-4H3,(H,23,26). The quantitative estimate of drug-likeness (QED) is 0.876. The summed E-state index contributed by atoms with van der Waals surface area (Å²) < 4.78 is 29.8. The molecular formula is C19H26F2N4O2. The molecule has 1 N–H and O–H groups in total. The van der Waals surface area contributed by atoms with Gasteiger partial charge in [0.1, 0.15) is 11.2 Å². The summed E-state index contributed by atoms with van der Waals surface area (Å²) in [5.74, 6) is -2.85. The van der Waals surface area contributed by atoms with Gasteiger partial charge in [-0.3, -0.25) is 9.59 Å². The van der Waals surface area contributed by atoms with E-state index in [0.29, 0.717) is 25.3 Å². The number of carbonyl (C=O) groups is 2. The van der Waals surface area contributed by atoms with Crippen molar-refractivity contribution in [2.45, 2.75) is 64.5 Å². The molecule has 0 bridgehead atoms. The molecule has 2 aliphatic heterocycles. The first-order chi connectivity index (χ1) is 12.4. The molecule has 6 nitrogen and oxygen atoms in total. The first kappa shape index (κ1) is 18.4. The maximum atomic E-state index is 13.9. The van der Waals surface area contributed by atoms with E-state index in [1.807, 2.05) is 36.4 Å². The highest BCUT2D eigenvalue weighted by Crippen LogP contribution is 2.57. The molecule has 3 heterocycles. The highest BCUT2D eigenvalue weighted by Gasteiger charge is 2.65. The molecule has 1 aromatic rings. The number of fused-ring (bicyclic) bond motifs is 2. The summed E-state index contributed by atoms with van der Waals surface area (Å²) in [7, 11) is 0. The van der Waals surface area contributed by atoms with Crippen LogP contribution in [0, 0.1) is 10.8 Å². The van der Waals surface area contributed by atoms with Gasteiger partial charge in [-0.25, -0.2) is 13.8 Å². The number of nitrogens with zero attached hydrogens (tertiary/aromatic N) is 3. The number of halogens is 2. The van der Waals surface area contributed by atoms with Crippen LogP contribution in [0.5, 0.6) is 0 Å². The highest BCUT2D eigenvalue weighted by molar-refractivity contribution is 5.87. The van der Waals surface area contributed by atoms with Gasteiger partial charge in [-0.05, 0) is 12.8 Å². The summed E-state index contributed by atoms with van der Waals surface area (Å²) in [4.78, 5) is 31.3. The highest BCUT2D eigenvalue weighted by atomic mass is 19.3.